The topological polar surface area (TPSA) is 0 Å². The lowest BCUT2D eigenvalue weighted by atomic mass is 9.50. The molecule has 1 aliphatic carbocycles. The Labute approximate surface area is 212 Å². The van der Waals surface area contributed by atoms with Gasteiger partial charge in [-0.15, -0.1) is 0 Å². The largest absolute Gasteiger partial charge is 0.0635 e. The zero-order valence-electron chi connectivity index (χ0n) is 20.0. The van der Waals surface area contributed by atoms with Crippen molar-refractivity contribution in [3.8, 4) is 0 Å². The van der Waals surface area contributed by atoms with E-state index in [2.05, 4.69) is 158 Å². The molecule has 0 saturated heterocycles. The summed E-state index contributed by atoms with van der Waals surface area (Å²) in [5.74, 6) is 0. The van der Waals surface area contributed by atoms with Crippen molar-refractivity contribution in [2.75, 3.05) is 0 Å². The van der Waals surface area contributed by atoms with Crippen molar-refractivity contribution in [1.82, 2.24) is 0 Å². The van der Waals surface area contributed by atoms with Crippen LogP contribution >= 0.6 is 0 Å². The van der Waals surface area contributed by atoms with E-state index < -0.39 is 10.8 Å². The van der Waals surface area contributed by atoms with Crippen LogP contribution in [0.15, 0.2) is 158 Å². The smallest absolute Gasteiger partial charge is 0.0622 e. The molecule has 0 fully saturated rings. The molecule has 0 aromatic heterocycles. The summed E-state index contributed by atoms with van der Waals surface area (Å²) in [5.41, 5.74) is 6.98. The van der Waals surface area contributed by atoms with Crippen molar-refractivity contribution >= 4 is 10.8 Å². The Bertz CT molecular complexity index is 1450. The zero-order valence-corrected chi connectivity index (χ0v) is 20.0. The third kappa shape index (κ3) is 2.59. The van der Waals surface area contributed by atoms with Gasteiger partial charge in [0.05, 0.1) is 10.8 Å². The van der Waals surface area contributed by atoms with Crippen LogP contribution in [-0.2, 0) is 10.8 Å². The van der Waals surface area contributed by atoms with Gasteiger partial charge in [0.1, 0.15) is 0 Å². The van der Waals surface area contributed by atoms with Crippen LogP contribution < -0.4 is 0 Å². The molecular formula is C36H26. The van der Waals surface area contributed by atoms with Gasteiger partial charge in [0.2, 0.25) is 0 Å². The van der Waals surface area contributed by atoms with Gasteiger partial charge in [0.15, 0.2) is 0 Å². The van der Waals surface area contributed by atoms with Crippen LogP contribution in [0.25, 0.3) is 10.8 Å². The van der Waals surface area contributed by atoms with Crippen LogP contribution in [-0.4, -0.2) is 0 Å². The summed E-state index contributed by atoms with van der Waals surface area (Å²) >= 11 is 0. The predicted molar refractivity (Wildman–Crippen MR) is 149 cm³/mol. The molecule has 1 aliphatic rings. The second-order valence-electron chi connectivity index (χ2n) is 9.67. The summed E-state index contributed by atoms with van der Waals surface area (Å²) in [5, 5.41) is 2.65. The van der Waals surface area contributed by atoms with E-state index in [0.29, 0.717) is 0 Å². The average Bonchev–Trinajstić information content (AvgIpc) is 3.24. The molecule has 6 aromatic carbocycles. The summed E-state index contributed by atoms with van der Waals surface area (Å²) in [6, 6.07) is 58.2. The van der Waals surface area contributed by atoms with E-state index in [0.717, 1.165) is 0 Å². The Morgan fingerprint density at radius 3 is 0.889 bits per heavy atom. The highest BCUT2D eigenvalue weighted by Gasteiger charge is 2.62. The standard InChI is InChI=1S/C36H26/c1-5-17-28(18-6-1)35(29-19-7-2-8-20-29)32-25-13-15-27-16-14-26-33(34(27)32)36(35,30-21-9-3-10-22-30)31-23-11-4-12-24-31/h1-26H. The van der Waals surface area contributed by atoms with Crippen LogP contribution in [0.5, 0.6) is 0 Å². The molecule has 0 radical (unpaired) electrons. The van der Waals surface area contributed by atoms with Gasteiger partial charge in [-0.2, -0.15) is 0 Å². The van der Waals surface area contributed by atoms with Crippen molar-refractivity contribution < 1.29 is 0 Å². The van der Waals surface area contributed by atoms with Crippen LogP contribution in [0.3, 0.4) is 0 Å². The van der Waals surface area contributed by atoms with Gasteiger partial charge in [0.25, 0.3) is 0 Å². The van der Waals surface area contributed by atoms with E-state index >= 15 is 0 Å². The Morgan fingerprint density at radius 2 is 0.583 bits per heavy atom. The lowest BCUT2D eigenvalue weighted by Crippen LogP contribution is -2.49. The summed E-state index contributed by atoms with van der Waals surface area (Å²) in [6.45, 7) is 0. The second-order valence-corrected chi connectivity index (χ2v) is 9.67. The van der Waals surface area contributed by atoms with Crippen molar-refractivity contribution in [3.05, 3.63) is 191 Å². The summed E-state index contributed by atoms with van der Waals surface area (Å²) in [7, 11) is 0. The first-order valence-electron chi connectivity index (χ1n) is 12.6. The molecule has 0 nitrogen and oxygen atoms in total. The molecule has 0 atom stereocenters. The predicted octanol–water partition coefficient (Wildman–Crippen LogP) is 8.52. The Hall–Kier alpha value is -4.42. The Balaban J connectivity index is 1.81. The highest BCUT2D eigenvalue weighted by molar-refractivity contribution is 5.98. The van der Waals surface area contributed by atoms with Gasteiger partial charge < -0.3 is 0 Å². The monoisotopic (exact) mass is 458 g/mol. The molecule has 36 heavy (non-hydrogen) atoms. The molecule has 0 aliphatic heterocycles. The van der Waals surface area contributed by atoms with Crippen molar-refractivity contribution in [1.29, 1.82) is 0 Å². The molecule has 0 unspecified atom stereocenters. The van der Waals surface area contributed by atoms with Gasteiger partial charge in [-0.3, -0.25) is 0 Å². The van der Waals surface area contributed by atoms with E-state index in [1.165, 1.54) is 44.2 Å². The number of benzene rings is 6. The van der Waals surface area contributed by atoms with Gasteiger partial charge in [-0.1, -0.05) is 158 Å². The van der Waals surface area contributed by atoms with Gasteiger partial charge in [0, 0.05) is 0 Å². The van der Waals surface area contributed by atoms with Gasteiger partial charge >= 0.3 is 0 Å². The summed E-state index contributed by atoms with van der Waals surface area (Å²) in [4.78, 5) is 0. The van der Waals surface area contributed by atoms with E-state index in [-0.39, 0.29) is 0 Å². The van der Waals surface area contributed by atoms with Crippen molar-refractivity contribution in [3.63, 3.8) is 0 Å². The van der Waals surface area contributed by atoms with Crippen LogP contribution in [0, 0.1) is 0 Å². The highest BCUT2D eigenvalue weighted by atomic mass is 14.6. The number of hydrogen-bond acceptors (Lipinski definition) is 0. The Kier molecular flexibility index (Phi) is 4.69. The molecular weight excluding hydrogens is 432 g/mol. The fraction of sp³-hybridized carbons (Fsp3) is 0.0556. The zero-order chi connectivity index (χ0) is 24.0. The van der Waals surface area contributed by atoms with Crippen LogP contribution in [0.2, 0.25) is 0 Å². The molecule has 0 heteroatoms. The fourth-order valence-electron chi connectivity index (χ4n) is 6.94. The van der Waals surface area contributed by atoms with Gasteiger partial charge in [-0.05, 0) is 44.2 Å². The normalized spacial score (nSPS) is 15.1. The second kappa shape index (κ2) is 8.07. The molecule has 0 amide bonds. The summed E-state index contributed by atoms with van der Waals surface area (Å²) in [6.07, 6.45) is 0. The van der Waals surface area contributed by atoms with Crippen LogP contribution in [0.4, 0.5) is 0 Å². The minimum atomic E-state index is -0.471. The molecule has 0 N–H and O–H groups in total. The number of rotatable bonds is 4. The third-order valence-electron chi connectivity index (χ3n) is 8.10. The van der Waals surface area contributed by atoms with Crippen molar-refractivity contribution in [2.24, 2.45) is 0 Å². The van der Waals surface area contributed by atoms with Gasteiger partial charge in [-0.25, -0.2) is 0 Å². The summed E-state index contributed by atoms with van der Waals surface area (Å²) < 4.78 is 0. The first-order valence-corrected chi connectivity index (χ1v) is 12.6. The maximum absolute atomic E-state index is 2.36. The lowest BCUT2D eigenvalue weighted by molar-refractivity contribution is 0.442. The Morgan fingerprint density at radius 1 is 0.278 bits per heavy atom. The third-order valence-corrected chi connectivity index (χ3v) is 8.10. The SMILES string of the molecule is c1ccc(C2(c3ccccc3)c3cccc4cccc(c34)C2(c2ccccc2)c2ccccc2)cc1. The minimum absolute atomic E-state index is 0.471. The molecule has 0 saturated carbocycles. The molecule has 0 heterocycles. The molecule has 0 bridgehead atoms. The fourth-order valence-corrected chi connectivity index (χ4v) is 6.94. The number of hydrogen-bond donors (Lipinski definition) is 0. The molecule has 170 valence electrons. The minimum Gasteiger partial charge on any atom is -0.0622 e. The first kappa shape index (κ1) is 20.9. The molecule has 6 aromatic rings. The maximum Gasteiger partial charge on any atom is 0.0635 e. The van der Waals surface area contributed by atoms with E-state index in [1.54, 1.807) is 0 Å². The van der Waals surface area contributed by atoms with E-state index in [9.17, 15) is 0 Å². The van der Waals surface area contributed by atoms with E-state index in [4.69, 9.17) is 0 Å². The van der Waals surface area contributed by atoms with E-state index in [1.807, 2.05) is 0 Å². The average molecular weight is 459 g/mol. The maximum atomic E-state index is 2.36. The van der Waals surface area contributed by atoms with Crippen LogP contribution in [0.1, 0.15) is 33.4 Å². The molecule has 7 rings (SSSR count). The quantitative estimate of drug-likeness (QED) is 0.248. The first-order chi connectivity index (χ1) is 17.9. The van der Waals surface area contributed by atoms with Crippen molar-refractivity contribution in [2.45, 2.75) is 10.8 Å². The highest BCUT2D eigenvalue weighted by Crippen LogP contribution is 2.66. The lowest BCUT2D eigenvalue weighted by Gasteiger charge is -2.49. The molecule has 0 spiro atoms.